The molecule has 0 atom stereocenters. The van der Waals surface area contributed by atoms with Gasteiger partial charge in [-0.05, 0) is 47.2 Å². The number of pyridine rings is 1. The van der Waals surface area contributed by atoms with Gasteiger partial charge in [-0.3, -0.25) is 0 Å². The molecule has 2 nitrogen and oxygen atoms in total. The van der Waals surface area contributed by atoms with Crippen LogP contribution in [-0.2, 0) is 0 Å². The van der Waals surface area contributed by atoms with E-state index in [1.807, 2.05) is 30.1 Å². The number of rotatable bonds is 4. The summed E-state index contributed by atoms with van der Waals surface area (Å²) < 4.78 is 1.50. The summed E-state index contributed by atoms with van der Waals surface area (Å²) in [4.78, 5) is 4.31. The van der Waals surface area contributed by atoms with Crippen molar-refractivity contribution in [3.8, 4) is 0 Å². The van der Waals surface area contributed by atoms with Crippen LogP contribution in [0.25, 0.3) is 0 Å². The maximum absolute atomic E-state index is 4.31. The van der Waals surface area contributed by atoms with Gasteiger partial charge in [0.2, 0.25) is 0 Å². The Morgan fingerprint density at radius 3 is 2.93 bits per heavy atom. The van der Waals surface area contributed by atoms with E-state index < -0.39 is 0 Å². The summed E-state index contributed by atoms with van der Waals surface area (Å²) in [5, 5.41) is 3.43. The third-order valence-corrected chi connectivity index (χ3v) is 5.09. The molecular formula is C11H15BrN2S. The summed E-state index contributed by atoms with van der Waals surface area (Å²) in [6.45, 7) is 1.02. The van der Waals surface area contributed by atoms with Crippen molar-refractivity contribution >= 4 is 33.5 Å². The number of nitrogens with one attached hydrogen (secondary N) is 1. The van der Waals surface area contributed by atoms with Gasteiger partial charge in [-0.1, -0.05) is 6.42 Å². The first-order valence-corrected chi connectivity index (χ1v) is 7.17. The van der Waals surface area contributed by atoms with E-state index in [-0.39, 0.29) is 0 Å². The van der Waals surface area contributed by atoms with Crippen molar-refractivity contribution < 1.29 is 0 Å². The maximum Gasteiger partial charge on any atom is 0.140 e. The van der Waals surface area contributed by atoms with Gasteiger partial charge in [0.05, 0.1) is 4.47 Å². The maximum atomic E-state index is 4.31. The molecule has 1 aromatic rings. The molecule has 15 heavy (non-hydrogen) atoms. The zero-order valence-corrected chi connectivity index (χ0v) is 11.2. The minimum absolute atomic E-state index is 0.455. The molecule has 1 saturated carbocycles. The molecule has 2 rings (SSSR count). The Morgan fingerprint density at radius 1 is 1.60 bits per heavy atom. The second-order valence-electron chi connectivity index (χ2n) is 3.93. The second kappa shape index (κ2) is 4.74. The van der Waals surface area contributed by atoms with Gasteiger partial charge in [-0.2, -0.15) is 11.8 Å². The van der Waals surface area contributed by atoms with Gasteiger partial charge in [-0.15, -0.1) is 0 Å². The number of thioether (sulfide) groups is 1. The van der Waals surface area contributed by atoms with E-state index in [1.54, 1.807) is 0 Å². The molecule has 1 aliphatic rings. The predicted molar refractivity (Wildman–Crippen MR) is 70.5 cm³/mol. The van der Waals surface area contributed by atoms with Crippen LogP contribution in [0.2, 0.25) is 0 Å². The zero-order chi connectivity index (χ0) is 10.7. The van der Waals surface area contributed by atoms with E-state index in [0.29, 0.717) is 4.75 Å². The highest BCUT2D eigenvalue weighted by atomic mass is 79.9. The van der Waals surface area contributed by atoms with Crippen LogP contribution < -0.4 is 5.32 Å². The summed E-state index contributed by atoms with van der Waals surface area (Å²) in [5.41, 5.74) is 0. The first-order valence-electron chi connectivity index (χ1n) is 5.15. The molecule has 0 aromatic carbocycles. The van der Waals surface area contributed by atoms with E-state index in [1.165, 1.54) is 19.3 Å². The van der Waals surface area contributed by atoms with Crippen LogP contribution >= 0.6 is 27.7 Å². The lowest BCUT2D eigenvalue weighted by molar-refractivity contribution is 0.379. The lowest BCUT2D eigenvalue weighted by Gasteiger charge is -2.40. The fourth-order valence-corrected chi connectivity index (χ4v) is 3.09. The van der Waals surface area contributed by atoms with Crippen molar-refractivity contribution in [1.29, 1.82) is 0 Å². The highest BCUT2D eigenvalue weighted by Crippen LogP contribution is 2.42. The molecule has 1 fully saturated rings. The Balaban J connectivity index is 1.95. The molecule has 1 aromatic heterocycles. The summed E-state index contributed by atoms with van der Waals surface area (Å²) in [6.07, 6.45) is 8.04. The van der Waals surface area contributed by atoms with Crippen LogP contribution in [0.15, 0.2) is 22.8 Å². The number of anilines is 1. The Labute approximate surface area is 103 Å². The molecule has 0 saturated heterocycles. The third kappa shape index (κ3) is 2.48. The van der Waals surface area contributed by atoms with Gasteiger partial charge >= 0.3 is 0 Å². The molecule has 0 unspecified atom stereocenters. The molecule has 1 heterocycles. The summed E-state index contributed by atoms with van der Waals surface area (Å²) in [7, 11) is 0. The molecular weight excluding hydrogens is 272 g/mol. The minimum Gasteiger partial charge on any atom is -0.368 e. The average Bonchev–Trinajstić information content (AvgIpc) is 2.19. The molecule has 0 aliphatic heterocycles. The van der Waals surface area contributed by atoms with Gasteiger partial charge < -0.3 is 5.32 Å². The fourth-order valence-electron chi connectivity index (χ4n) is 1.78. The molecule has 4 heteroatoms. The van der Waals surface area contributed by atoms with Crippen molar-refractivity contribution in [1.82, 2.24) is 4.98 Å². The average molecular weight is 287 g/mol. The first kappa shape index (κ1) is 11.3. The Kier molecular flexibility index (Phi) is 3.57. The number of nitrogens with zero attached hydrogens (tertiary/aromatic N) is 1. The van der Waals surface area contributed by atoms with E-state index >= 15 is 0 Å². The quantitative estimate of drug-likeness (QED) is 0.916. The number of hydrogen-bond donors (Lipinski definition) is 1. The van der Waals surface area contributed by atoms with Crippen LogP contribution in [0.3, 0.4) is 0 Å². The lowest BCUT2D eigenvalue weighted by atomic mass is 9.84. The molecule has 0 spiro atoms. The fraction of sp³-hybridized carbons (Fsp3) is 0.545. The first-order chi connectivity index (χ1) is 7.26. The smallest absolute Gasteiger partial charge is 0.140 e. The molecule has 82 valence electrons. The zero-order valence-electron chi connectivity index (χ0n) is 8.79. The van der Waals surface area contributed by atoms with Crippen molar-refractivity contribution in [2.75, 3.05) is 18.1 Å². The Bertz CT molecular complexity index is 334. The molecule has 0 bridgehead atoms. The molecule has 0 amide bonds. The minimum atomic E-state index is 0.455. The second-order valence-corrected chi connectivity index (χ2v) is 6.06. The van der Waals surface area contributed by atoms with Gasteiger partial charge in [0.25, 0.3) is 0 Å². The van der Waals surface area contributed by atoms with Gasteiger partial charge in [-0.25, -0.2) is 4.98 Å². The molecule has 1 N–H and O–H groups in total. The molecule has 0 radical (unpaired) electrons. The highest BCUT2D eigenvalue weighted by molar-refractivity contribution is 9.10. The topological polar surface area (TPSA) is 24.9 Å². The van der Waals surface area contributed by atoms with Crippen molar-refractivity contribution in [2.45, 2.75) is 24.0 Å². The van der Waals surface area contributed by atoms with E-state index in [0.717, 1.165) is 16.8 Å². The van der Waals surface area contributed by atoms with Gasteiger partial charge in [0.1, 0.15) is 5.82 Å². The Hall–Kier alpha value is -0.220. The van der Waals surface area contributed by atoms with E-state index in [4.69, 9.17) is 0 Å². The summed E-state index contributed by atoms with van der Waals surface area (Å²) in [5.74, 6) is 0.956. The van der Waals surface area contributed by atoms with Gasteiger partial charge in [0, 0.05) is 17.5 Å². The summed E-state index contributed by atoms with van der Waals surface area (Å²) in [6, 6.07) is 3.95. The molecule has 1 aliphatic carbocycles. The standard InChI is InChI=1S/C11H15BrN2S/c1-15-11(5-3-6-11)8-14-10-9(12)4-2-7-13-10/h2,4,7H,3,5-6,8H2,1H3,(H,13,14). The number of halogens is 1. The number of hydrogen-bond acceptors (Lipinski definition) is 3. The van der Waals surface area contributed by atoms with Crippen molar-refractivity contribution in [3.05, 3.63) is 22.8 Å². The van der Waals surface area contributed by atoms with Crippen LogP contribution in [0.5, 0.6) is 0 Å². The predicted octanol–water partition coefficient (Wildman–Crippen LogP) is 3.54. The lowest BCUT2D eigenvalue weighted by Crippen LogP contribution is -2.40. The van der Waals surface area contributed by atoms with Crippen LogP contribution in [0, 0.1) is 0 Å². The summed E-state index contributed by atoms with van der Waals surface area (Å²) >= 11 is 5.47. The van der Waals surface area contributed by atoms with Crippen LogP contribution in [0.4, 0.5) is 5.82 Å². The van der Waals surface area contributed by atoms with Crippen molar-refractivity contribution in [2.24, 2.45) is 0 Å². The SMILES string of the molecule is CSC1(CNc2ncccc2Br)CCC1. The normalized spacial score (nSPS) is 18.3. The third-order valence-electron chi connectivity index (χ3n) is 3.03. The van der Waals surface area contributed by atoms with Crippen molar-refractivity contribution in [3.63, 3.8) is 0 Å². The van der Waals surface area contributed by atoms with E-state index in [9.17, 15) is 0 Å². The van der Waals surface area contributed by atoms with E-state index in [2.05, 4.69) is 32.5 Å². The number of aromatic nitrogens is 1. The van der Waals surface area contributed by atoms with Crippen LogP contribution in [0.1, 0.15) is 19.3 Å². The largest absolute Gasteiger partial charge is 0.368 e. The monoisotopic (exact) mass is 286 g/mol. The Morgan fingerprint density at radius 2 is 2.40 bits per heavy atom. The van der Waals surface area contributed by atoms with Crippen LogP contribution in [-0.4, -0.2) is 22.5 Å². The van der Waals surface area contributed by atoms with Gasteiger partial charge in [0.15, 0.2) is 0 Å². The highest BCUT2D eigenvalue weighted by Gasteiger charge is 2.35.